The molecule has 0 bridgehead atoms. The number of hydrogen-bond acceptors (Lipinski definition) is 2. The lowest BCUT2D eigenvalue weighted by atomic mass is 10.3. The predicted octanol–water partition coefficient (Wildman–Crippen LogP) is 3.22. The number of ether oxygens (including phenoxy) is 1. The summed E-state index contributed by atoms with van der Waals surface area (Å²) in [6.45, 7) is 6.83. The predicted molar refractivity (Wildman–Crippen MR) is 72.1 cm³/mol. The Labute approximate surface area is 115 Å². The van der Waals surface area contributed by atoms with Gasteiger partial charge in [0.2, 0.25) is 0 Å². The molecule has 0 aliphatic rings. The lowest BCUT2D eigenvalue weighted by Crippen LogP contribution is -2.40. The van der Waals surface area contributed by atoms with Gasteiger partial charge in [0.15, 0.2) is 6.10 Å². The summed E-state index contributed by atoms with van der Waals surface area (Å²) in [6.07, 6.45) is -0.581. The average Bonchev–Trinajstić information content (AvgIpc) is 2.35. The summed E-state index contributed by atoms with van der Waals surface area (Å²) in [6, 6.07) is 4.32. The third-order valence-electron chi connectivity index (χ3n) is 2.63. The number of amides is 1. The van der Waals surface area contributed by atoms with Crippen molar-refractivity contribution in [2.45, 2.75) is 26.9 Å². The van der Waals surface area contributed by atoms with Crippen LogP contribution in [0.4, 0.5) is 4.39 Å². The standard InChI is InChI=1S/C13H17BrFNO2/c1-4-16(5-2)13(17)9(3)18-10-6-7-12(15)11(14)8-10/h6-9H,4-5H2,1-3H3. The Kier molecular flexibility index (Phi) is 5.59. The van der Waals surface area contributed by atoms with Crippen LogP contribution in [0.15, 0.2) is 22.7 Å². The summed E-state index contributed by atoms with van der Waals surface area (Å²) in [5, 5.41) is 0. The van der Waals surface area contributed by atoms with Crippen LogP contribution in [0.25, 0.3) is 0 Å². The maximum absolute atomic E-state index is 13.1. The van der Waals surface area contributed by atoms with Crippen molar-refractivity contribution < 1.29 is 13.9 Å². The van der Waals surface area contributed by atoms with Crippen LogP contribution in [0.3, 0.4) is 0 Å². The van der Waals surface area contributed by atoms with Crippen LogP contribution < -0.4 is 4.74 Å². The van der Waals surface area contributed by atoms with E-state index in [4.69, 9.17) is 4.74 Å². The van der Waals surface area contributed by atoms with Crippen molar-refractivity contribution in [1.29, 1.82) is 0 Å². The Balaban J connectivity index is 2.71. The second-order valence-corrected chi connectivity index (χ2v) is 4.70. The molecule has 3 nitrogen and oxygen atoms in total. The molecule has 0 spiro atoms. The number of carbonyl (C=O) groups excluding carboxylic acids is 1. The molecular formula is C13H17BrFNO2. The van der Waals surface area contributed by atoms with E-state index in [1.54, 1.807) is 11.8 Å². The molecular weight excluding hydrogens is 301 g/mol. The molecule has 0 fully saturated rings. The molecule has 5 heteroatoms. The number of nitrogens with zero attached hydrogens (tertiary/aromatic N) is 1. The highest BCUT2D eigenvalue weighted by Crippen LogP contribution is 2.22. The summed E-state index contributed by atoms with van der Waals surface area (Å²) in [7, 11) is 0. The van der Waals surface area contributed by atoms with E-state index in [-0.39, 0.29) is 11.7 Å². The van der Waals surface area contributed by atoms with Gasteiger partial charge in [0.25, 0.3) is 5.91 Å². The Morgan fingerprint density at radius 2 is 2.06 bits per heavy atom. The summed E-state index contributed by atoms with van der Waals surface area (Å²) in [4.78, 5) is 13.7. The molecule has 1 aromatic carbocycles. The molecule has 100 valence electrons. The fraction of sp³-hybridized carbons (Fsp3) is 0.462. The first-order valence-corrected chi connectivity index (χ1v) is 6.69. The fourth-order valence-electron chi connectivity index (χ4n) is 1.60. The van der Waals surface area contributed by atoms with E-state index < -0.39 is 6.10 Å². The highest BCUT2D eigenvalue weighted by Gasteiger charge is 2.19. The van der Waals surface area contributed by atoms with Crippen LogP contribution in [0.5, 0.6) is 5.75 Å². The van der Waals surface area contributed by atoms with E-state index in [2.05, 4.69) is 15.9 Å². The monoisotopic (exact) mass is 317 g/mol. The van der Waals surface area contributed by atoms with Gasteiger partial charge in [-0.1, -0.05) is 0 Å². The third-order valence-corrected chi connectivity index (χ3v) is 3.23. The lowest BCUT2D eigenvalue weighted by molar-refractivity contribution is -0.137. The van der Waals surface area contributed by atoms with E-state index in [1.165, 1.54) is 18.2 Å². The van der Waals surface area contributed by atoms with E-state index >= 15 is 0 Å². The molecule has 1 amide bonds. The molecule has 0 saturated heterocycles. The van der Waals surface area contributed by atoms with Crippen molar-refractivity contribution in [2.24, 2.45) is 0 Å². The van der Waals surface area contributed by atoms with Crippen molar-refractivity contribution >= 4 is 21.8 Å². The van der Waals surface area contributed by atoms with Gasteiger partial charge in [-0.2, -0.15) is 0 Å². The molecule has 0 aromatic heterocycles. The number of benzene rings is 1. The van der Waals surface area contributed by atoms with Crippen molar-refractivity contribution in [3.05, 3.63) is 28.5 Å². The molecule has 0 N–H and O–H groups in total. The van der Waals surface area contributed by atoms with Gasteiger partial charge in [-0.3, -0.25) is 4.79 Å². The highest BCUT2D eigenvalue weighted by molar-refractivity contribution is 9.10. The topological polar surface area (TPSA) is 29.5 Å². The zero-order chi connectivity index (χ0) is 13.7. The number of likely N-dealkylation sites (N-methyl/N-ethyl adjacent to an activating group) is 1. The number of carbonyl (C=O) groups is 1. The Morgan fingerprint density at radius 3 is 2.56 bits per heavy atom. The second kappa shape index (κ2) is 6.73. The lowest BCUT2D eigenvalue weighted by Gasteiger charge is -2.23. The van der Waals surface area contributed by atoms with Crippen molar-refractivity contribution in [3.8, 4) is 5.75 Å². The van der Waals surface area contributed by atoms with Crippen molar-refractivity contribution in [1.82, 2.24) is 4.90 Å². The van der Waals surface area contributed by atoms with E-state index in [1.807, 2.05) is 13.8 Å². The summed E-state index contributed by atoms with van der Waals surface area (Å²) >= 11 is 3.08. The van der Waals surface area contributed by atoms with Gasteiger partial charge in [-0.15, -0.1) is 0 Å². The van der Waals surface area contributed by atoms with E-state index in [9.17, 15) is 9.18 Å². The zero-order valence-corrected chi connectivity index (χ0v) is 12.3. The summed E-state index contributed by atoms with van der Waals surface area (Å²) < 4.78 is 18.9. The van der Waals surface area contributed by atoms with E-state index in [0.29, 0.717) is 23.3 Å². The van der Waals surface area contributed by atoms with Gasteiger partial charge in [0.05, 0.1) is 4.47 Å². The fourth-order valence-corrected chi connectivity index (χ4v) is 1.95. The maximum atomic E-state index is 13.1. The largest absolute Gasteiger partial charge is 0.481 e. The van der Waals surface area contributed by atoms with Gasteiger partial charge in [-0.25, -0.2) is 4.39 Å². The Bertz CT molecular complexity index is 421. The molecule has 0 saturated carbocycles. The van der Waals surface area contributed by atoms with Gasteiger partial charge in [-0.05, 0) is 54.9 Å². The Hall–Kier alpha value is -1.10. The van der Waals surface area contributed by atoms with Crippen LogP contribution in [0, 0.1) is 5.82 Å². The molecule has 1 unspecified atom stereocenters. The number of halogens is 2. The minimum absolute atomic E-state index is 0.0690. The van der Waals surface area contributed by atoms with Crippen LogP contribution in [0.2, 0.25) is 0 Å². The molecule has 18 heavy (non-hydrogen) atoms. The molecule has 1 aromatic rings. The first-order chi connectivity index (χ1) is 8.49. The smallest absolute Gasteiger partial charge is 0.263 e. The first kappa shape index (κ1) is 15.0. The second-order valence-electron chi connectivity index (χ2n) is 3.85. The SMILES string of the molecule is CCN(CC)C(=O)C(C)Oc1ccc(F)c(Br)c1. The molecule has 0 heterocycles. The Morgan fingerprint density at radius 1 is 1.44 bits per heavy atom. The molecule has 1 rings (SSSR count). The minimum atomic E-state index is -0.581. The summed E-state index contributed by atoms with van der Waals surface area (Å²) in [5.74, 6) is 0.0433. The number of hydrogen-bond donors (Lipinski definition) is 0. The highest BCUT2D eigenvalue weighted by atomic mass is 79.9. The quantitative estimate of drug-likeness (QED) is 0.834. The molecule has 1 atom stereocenters. The zero-order valence-electron chi connectivity index (χ0n) is 10.7. The van der Waals surface area contributed by atoms with Gasteiger partial charge in [0, 0.05) is 13.1 Å². The van der Waals surface area contributed by atoms with Crippen LogP contribution >= 0.6 is 15.9 Å². The van der Waals surface area contributed by atoms with E-state index in [0.717, 1.165) is 0 Å². The molecule has 0 radical (unpaired) electrons. The molecule has 0 aliphatic heterocycles. The molecule has 0 aliphatic carbocycles. The van der Waals surface area contributed by atoms with Crippen molar-refractivity contribution in [2.75, 3.05) is 13.1 Å². The minimum Gasteiger partial charge on any atom is -0.481 e. The third kappa shape index (κ3) is 3.70. The summed E-state index contributed by atoms with van der Waals surface area (Å²) in [5.41, 5.74) is 0. The van der Waals surface area contributed by atoms with Crippen LogP contribution in [0.1, 0.15) is 20.8 Å². The van der Waals surface area contributed by atoms with Crippen LogP contribution in [-0.2, 0) is 4.79 Å². The number of rotatable bonds is 5. The first-order valence-electron chi connectivity index (χ1n) is 5.90. The van der Waals surface area contributed by atoms with Gasteiger partial charge in [0.1, 0.15) is 11.6 Å². The van der Waals surface area contributed by atoms with Gasteiger partial charge >= 0.3 is 0 Å². The normalized spacial score (nSPS) is 12.1. The van der Waals surface area contributed by atoms with Crippen molar-refractivity contribution in [3.63, 3.8) is 0 Å². The maximum Gasteiger partial charge on any atom is 0.263 e. The van der Waals surface area contributed by atoms with Crippen LogP contribution in [-0.4, -0.2) is 30.0 Å². The van der Waals surface area contributed by atoms with Gasteiger partial charge < -0.3 is 9.64 Å². The average molecular weight is 318 g/mol.